The first-order valence-electron chi connectivity index (χ1n) is 7.68. The van der Waals surface area contributed by atoms with E-state index >= 15 is 0 Å². The van der Waals surface area contributed by atoms with Crippen molar-refractivity contribution in [2.75, 3.05) is 7.11 Å². The van der Waals surface area contributed by atoms with Gasteiger partial charge in [0.2, 0.25) is 0 Å². The summed E-state index contributed by atoms with van der Waals surface area (Å²) in [5, 5.41) is 3.58. The van der Waals surface area contributed by atoms with E-state index in [0.717, 1.165) is 29.4 Å². The molecule has 1 saturated carbocycles. The summed E-state index contributed by atoms with van der Waals surface area (Å²) in [5.41, 5.74) is 3.29. The summed E-state index contributed by atoms with van der Waals surface area (Å²) in [6.07, 6.45) is 7.17. The van der Waals surface area contributed by atoms with Crippen LogP contribution >= 0.6 is 0 Å². The van der Waals surface area contributed by atoms with Gasteiger partial charge in [0.1, 0.15) is 11.6 Å². The van der Waals surface area contributed by atoms with Crippen LogP contribution in [0.3, 0.4) is 0 Å². The fourth-order valence-electron chi connectivity index (χ4n) is 2.99. The van der Waals surface area contributed by atoms with Crippen molar-refractivity contribution in [1.29, 1.82) is 0 Å². The Bertz CT molecular complexity index is 600. The summed E-state index contributed by atoms with van der Waals surface area (Å²) in [7, 11) is 1.70. The highest BCUT2D eigenvalue weighted by Gasteiger charge is 2.15. The van der Waals surface area contributed by atoms with E-state index in [0.29, 0.717) is 6.04 Å². The number of rotatable bonds is 5. The second-order valence-electron chi connectivity index (χ2n) is 5.81. The van der Waals surface area contributed by atoms with Gasteiger partial charge in [-0.1, -0.05) is 24.5 Å². The zero-order valence-corrected chi connectivity index (χ0v) is 12.8. The average Bonchev–Trinajstić information content (AvgIpc) is 3.16. The molecule has 0 saturated heterocycles. The molecule has 0 bridgehead atoms. The number of hydrogen-bond acceptors (Lipinski definition) is 3. The minimum atomic E-state index is 0.659. The third-order valence-electron chi connectivity index (χ3n) is 4.19. The van der Waals surface area contributed by atoms with Gasteiger partial charge in [-0.2, -0.15) is 0 Å². The SMILES string of the molecule is COc1ccc(C)cc1-c1cnc(CNC2CCCC2)[nH]1. The lowest BCUT2D eigenvalue weighted by Crippen LogP contribution is -2.25. The van der Waals surface area contributed by atoms with Crippen molar-refractivity contribution in [2.24, 2.45) is 0 Å². The van der Waals surface area contributed by atoms with Crippen LogP contribution in [0.25, 0.3) is 11.3 Å². The highest BCUT2D eigenvalue weighted by Crippen LogP contribution is 2.29. The molecule has 0 unspecified atom stereocenters. The number of aryl methyl sites for hydroxylation is 1. The Morgan fingerprint density at radius 1 is 1.33 bits per heavy atom. The van der Waals surface area contributed by atoms with E-state index in [1.165, 1.54) is 31.2 Å². The van der Waals surface area contributed by atoms with Crippen LogP contribution in [0.15, 0.2) is 24.4 Å². The predicted molar refractivity (Wildman–Crippen MR) is 84.4 cm³/mol. The molecule has 21 heavy (non-hydrogen) atoms. The van der Waals surface area contributed by atoms with E-state index in [4.69, 9.17) is 4.74 Å². The highest BCUT2D eigenvalue weighted by atomic mass is 16.5. The lowest BCUT2D eigenvalue weighted by Gasteiger charge is -2.10. The number of benzene rings is 1. The molecule has 0 aliphatic heterocycles. The summed E-state index contributed by atoms with van der Waals surface area (Å²) >= 11 is 0. The van der Waals surface area contributed by atoms with Crippen LogP contribution in [-0.4, -0.2) is 23.1 Å². The molecule has 3 rings (SSSR count). The van der Waals surface area contributed by atoms with Gasteiger partial charge in [-0.3, -0.25) is 0 Å². The van der Waals surface area contributed by atoms with Crippen molar-refractivity contribution in [3.63, 3.8) is 0 Å². The summed E-state index contributed by atoms with van der Waals surface area (Å²) in [4.78, 5) is 7.89. The van der Waals surface area contributed by atoms with Crippen molar-refractivity contribution in [3.05, 3.63) is 35.8 Å². The van der Waals surface area contributed by atoms with Crippen LogP contribution in [0.2, 0.25) is 0 Å². The van der Waals surface area contributed by atoms with Gasteiger partial charge in [-0.15, -0.1) is 0 Å². The number of nitrogens with zero attached hydrogens (tertiary/aromatic N) is 1. The smallest absolute Gasteiger partial charge is 0.128 e. The van der Waals surface area contributed by atoms with Gasteiger partial charge in [-0.05, 0) is 31.9 Å². The van der Waals surface area contributed by atoms with Crippen molar-refractivity contribution >= 4 is 0 Å². The molecule has 2 aromatic rings. The first-order chi connectivity index (χ1) is 10.3. The van der Waals surface area contributed by atoms with Gasteiger partial charge in [0.15, 0.2) is 0 Å². The van der Waals surface area contributed by atoms with Crippen LogP contribution < -0.4 is 10.1 Å². The van der Waals surface area contributed by atoms with Crippen molar-refractivity contribution < 1.29 is 4.74 Å². The summed E-state index contributed by atoms with van der Waals surface area (Å²) in [5.74, 6) is 1.86. The summed E-state index contributed by atoms with van der Waals surface area (Å²) in [6.45, 7) is 2.89. The van der Waals surface area contributed by atoms with E-state index in [1.807, 2.05) is 12.3 Å². The molecule has 1 aliphatic rings. The van der Waals surface area contributed by atoms with Gasteiger partial charge < -0.3 is 15.0 Å². The monoisotopic (exact) mass is 285 g/mol. The molecule has 2 N–H and O–H groups in total. The Labute approximate surface area is 125 Å². The molecular weight excluding hydrogens is 262 g/mol. The van der Waals surface area contributed by atoms with Gasteiger partial charge in [0.05, 0.1) is 25.5 Å². The summed E-state index contributed by atoms with van der Waals surface area (Å²) in [6, 6.07) is 6.84. The molecule has 112 valence electrons. The largest absolute Gasteiger partial charge is 0.496 e. The van der Waals surface area contributed by atoms with Crippen molar-refractivity contribution in [3.8, 4) is 17.0 Å². The second-order valence-corrected chi connectivity index (χ2v) is 5.81. The number of aromatic amines is 1. The fraction of sp³-hybridized carbons (Fsp3) is 0.471. The Morgan fingerprint density at radius 2 is 2.14 bits per heavy atom. The number of hydrogen-bond donors (Lipinski definition) is 2. The lowest BCUT2D eigenvalue weighted by molar-refractivity contribution is 0.416. The Morgan fingerprint density at radius 3 is 2.90 bits per heavy atom. The second kappa shape index (κ2) is 6.31. The average molecular weight is 285 g/mol. The molecule has 0 amide bonds. The first kappa shape index (κ1) is 14.1. The van der Waals surface area contributed by atoms with Gasteiger partial charge >= 0.3 is 0 Å². The third-order valence-corrected chi connectivity index (χ3v) is 4.19. The molecule has 1 aromatic heterocycles. The zero-order chi connectivity index (χ0) is 14.7. The normalized spacial score (nSPS) is 15.5. The Balaban J connectivity index is 1.73. The van der Waals surface area contributed by atoms with Crippen molar-refractivity contribution in [1.82, 2.24) is 15.3 Å². The fourth-order valence-corrected chi connectivity index (χ4v) is 2.99. The molecule has 4 nitrogen and oxygen atoms in total. The van der Waals surface area contributed by atoms with E-state index in [2.05, 4.69) is 34.3 Å². The molecule has 0 atom stereocenters. The maximum Gasteiger partial charge on any atom is 0.128 e. The molecule has 0 spiro atoms. The van der Waals surface area contributed by atoms with Gasteiger partial charge in [0, 0.05) is 11.6 Å². The van der Waals surface area contributed by atoms with E-state index in [-0.39, 0.29) is 0 Å². The van der Waals surface area contributed by atoms with E-state index in [1.54, 1.807) is 7.11 Å². The lowest BCUT2D eigenvalue weighted by atomic mass is 10.1. The Kier molecular flexibility index (Phi) is 4.25. The minimum Gasteiger partial charge on any atom is -0.496 e. The van der Waals surface area contributed by atoms with E-state index < -0.39 is 0 Å². The van der Waals surface area contributed by atoms with Crippen molar-refractivity contribution in [2.45, 2.75) is 45.2 Å². The third kappa shape index (κ3) is 3.27. The maximum absolute atomic E-state index is 5.44. The number of imidazole rings is 1. The molecule has 1 aromatic carbocycles. The standard InChI is InChI=1S/C17H23N3O/c1-12-7-8-16(21-2)14(9-12)15-10-19-17(20-15)11-18-13-5-3-4-6-13/h7-10,13,18H,3-6,11H2,1-2H3,(H,19,20). The van der Waals surface area contributed by atoms with Gasteiger partial charge in [0.25, 0.3) is 0 Å². The number of H-pyrrole nitrogens is 1. The first-order valence-corrected chi connectivity index (χ1v) is 7.68. The number of ether oxygens (including phenoxy) is 1. The summed E-state index contributed by atoms with van der Waals surface area (Å²) < 4.78 is 5.44. The molecule has 0 radical (unpaired) electrons. The van der Waals surface area contributed by atoms with Crippen LogP contribution in [0.4, 0.5) is 0 Å². The van der Waals surface area contributed by atoms with Gasteiger partial charge in [-0.25, -0.2) is 4.98 Å². The number of methoxy groups -OCH3 is 1. The van der Waals surface area contributed by atoms with Crippen LogP contribution in [0.5, 0.6) is 5.75 Å². The molecular formula is C17H23N3O. The Hall–Kier alpha value is -1.81. The molecule has 1 fully saturated rings. The highest BCUT2D eigenvalue weighted by molar-refractivity contribution is 5.67. The van der Waals surface area contributed by atoms with Crippen LogP contribution in [0.1, 0.15) is 37.1 Å². The number of aromatic nitrogens is 2. The van der Waals surface area contributed by atoms with E-state index in [9.17, 15) is 0 Å². The minimum absolute atomic E-state index is 0.659. The topological polar surface area (TPSA) is 49.9 Å². The van der Waals surface area contributed by atoms with Crippen LogP contribution in [0, 0.1) is 6.92 Å². The quantitative estimate of drug-likeness (QED) is 0.885. The molecule has 1 aliphatic carbocycles. The maximum atomic E-state index is 5.44. The predicted octanol–water partition coefficient (Wildman–Crippen LogP) is 3.43. The van der Waals surface area contributed by atoms with Crippen LogP contribution in [-0.2, 0) is 6.54 Å². The molecule has 4 heteroatoms. The molecule has 1 heterocycles. The zero-order valence-electron chi connectivity index (χ0n) is 12.8. The number of nitrogens with one attached hydrogen (secondary N) is 2.